The third-order valence-electron chi connectivity index (χ3n) is 2.88. The van der Waals surface area contributed by atoms with E-state index < -0.39 is 0 Å². The third-order valence-corrected chi connectivity index (χ3v) is 2.88. The SMILES string of the molecule is CCCn1cc(CCC(=O)c2ccccc2)cn1. The van der Waals surface area contributed by atoms with Gasteiger partial charge in [-0.15, -0.1) is 0 Å². The summed E-state index contributed by atoms with van der Waals surface area (Å²) in [7, 11) is 0. The van der Waals surface area contributed by atoms with E-state index in [0.29, 0.717) is 6.42 Å². The summed E-state index contributed by atoms with van der Waals surface area (Å²) in [4.78, 5) is 11.9. The van der Waals surface area contributed by atoms with Gasteiger partial charge in [0.2, 0.25) is 0 Å². The molecule has 0 N–H and O–H groups in total. The average molecular weight is 242 g/mol. The summed E-state index contributed by atoms with van der Waals surface area (Å²) in [5.41, 5.74) is 1.92. The van der Waals surface area contributed by atoms with Gasteiger partial charge in [-0.1, -0.05) is 37.3 Å². The fraction of sp³-hybridized carbons (Fsp3) is 0.333. The fourth-order valence-corrected chi connectivity index (χ4v) is 1.91. The topological polar surface area (TPSA) is 34.9 Å². The van der Waals surface area contributed by atoms with E-state index in [1.165, 1.54) is 0 Å². The largest absolute Gasteiger partial charge is 0.294 e. The number of nitrogens with zero attached hydrogens (tertiary/aromatic N) is 2. The number of aromatic nitrogens is 2. The highest BCUT2D eigenvalue weighted by atomic mass is 16.1. The number of rotatable bonds is 6. The van der Waals surface area contributed by atoms with Crippen LogP contribution in [-0.2, 0) is 13.0 Å². The maximum Gasteiger partial charge on any atom is 0.163 e. The van der Waals surface area contributed by atoms with E-state index in [1.807, 2.05) is 47.4 Å². The normalized spacial score (nSPS) is 10.5. The number of ketones is 1. The minimum absolute atomic E-state index is 0.193. The lowest BCUT2D eigenvalue weighted by molar-refractivity contribution is 0.0983. The first kappa shape index (κ1) is 12.6. The molecular weight excluding hydrogens is 224 g/mol. The maximum absolute atomic E-state index is 11.9. The molecule has 94 valence electrons. The highest BCUT2D eigenvalue weighted by Crippen LogP contribution is 2.08. The van der Waals surface area contributed by atoms with E-state index in [1.54, 1.807) is 0 Å². The summed E-state index contributed by atoms with van der Waals surface area (Å²) in [6.45, 7) is 3.06. The minimum atomic E-state index is 0.193. The van der Waals surface area contributed by atoms with Crippen LogP contribution in [0.15, 0.2) is 42.7 Å². The van der Waals surface area contributed by atoms with Crippen LogP contribution in [0.25, 0.3) is 0 Å². The first-order chi connectivity index (χ1) is 8.79. The number of Topliss-reactive ketones (excluding diaryl/α,β-unsaturated/α-hetero) is 1. The molecule has 0 saturated heterocycles. The molecule has 0 aliphatic rings. The zero-order valence-electron chi connectivity index (χ0n) is 10.7. The van der Waals surface area contributed by atoms with E-state index in [-0.39, 0.29) is 5.78 Å². The number of hydrogen-bond donors (Lipinski definition) is 0. The van der Waals surface area contributed by atoms with Crippen LogP contribution in [-0.4, -0.2) is 15.6 Å². The van der Waals surface area contributed by atoms with Crippen molar-refractivity contribution >= 4 is 5.78 Å². The molecular formula is C15H18N2O. The number of hydrogen-bond acceptors (Lipinski definition) is 2. The Hall–Kier alpha value is -1.90. The van der Waals surface area contributed by atoms with E-state index >= 15 is 0 Å². The predicted octanol–water partition coefficient (Wildman–Crippen LogP) is 3.11. The van der Waals surface area contributed by atoms with Crippen molar-refractivity contribution in [3.63, 3.8) is 0 Å². The first-order valence-corrected chi connectivity index (χ1v) is 6.39. The van der Waals surface area contributed by atoms with Gasteiger partial charge >= 0.3 is 0 Å². The zero-order chi connectivity index (χ0) is 12.8. The summed E-state index contributed by atoms with van der Waals surface area (Å²) < 4.78 is 1.93. The second kappa shape index (κ2) is 6.15. The van der Waals surface area contributed by atoms with Gasteiger partial charge in [-0.2, -0.15) is 5.10 Å². The quantitative estimate of drug-likeness (QED) is 0.729. The summed E-state index contributed by atoms with van der Waals surface area (Å²) in [6, 6.07) is 9.44. The molecule has 0 amide bonds. The van der Waals surface area contributed by atoms with Gasteiger partial charge in [-0.05, 0) is 18.4 Å². The van der Waals surface area contributed by atoms with E-state index in [0.717, 1.165) is 30.5 Å². The lowest BCUT2D eigenvalue weighted by Gasteiger charge is -1.99. The average Bonchev–Trinajstić information content (AvgIpc) is 2.85. The third kappa shape index (κ3) is 3.29. The molecule has 1 aromatic heterocycles. The molecule has 1 aromatic carbocycles. The Balaban J connectivity index is 1.89. The number of aryl methyl sites for hydroxylation is 2. The summed E-state index contributed by atoms with van der Waals surface area (Å²) in [6.07, 6.45) is 6.26. The van der Waals surface area contributed by atoms with Gasteiger partial charge in [0.25, 0.3) is 0 Å². The molecule has 18 heavy (non-hydrogen) atoms. The van der Waals surface area contributed by atoms with Crippen molar-refractivity contribution in [1.82, 2.24) is 9.78 Å². The van der Waals surface area contributed by atoms with Crippen molar-refractivity contribution in [3.05, 3.63) is 53.9 Å². The van der Waals surface area contributed by atoms with E-state index in [2.05, 4.69) is 12.0 Å². The molecule has 0 aliphatic carbocycles. The monoisotopic (exact) mass is 242 g/mol. The highest BCUT2D eigenvalue weighted by Gasteiger charge is 2.06. The number of carbonyl (C=O) groups excluding carboxylic acids is 1. The molecule has 0 radical (unpaired) electrons. The summed E-state index contributed by atoms with van der Waals surface area (Å²) in [5.74, 6) is 0.193. The molecule has 1 heterocycles. The van der Waals surface area contributed by atoms with Gasteiger partial charge in [0.1, 0.15) is 0 Å². The Morgan fingerprint density at radius 3 is 2.78 bits per heavy atom. The molecule has 0 atom stereocenters. The molecule has 0 fully saturated rings. The van der Waals surface area contributed by atoms with Gasteiger partial charge in [-0.3, -0.25) is 9.48 Å². The van der Waals surface area contributed by atoms with Gasteiger partial charge in [0.15, 0.2) is 5.78 Å². The lowest BCUT2D eigenvalue weighted by Crippen LogP contribution is -2.00. The maximum atomic E-state index is 11.9. The second-order valence-corrected chi connectivity index (χ2v) is 4.40. The molecule has 0 bridgehead atoms. The molecule has 0 aliphatic heterocycles. The van der Waals surface area contributed by atoms with E-state index in [9.17, 15) is 4.79 Å². The van der Waals surface area contributed by atoms with Crippen molar-refractivity contribution in [2.75, 3.05) is 0 Å². The first-order valence-electron chi connectivity index (χ1n) is 6.39. The molecule has 2 aromatic rings. The number of carbonyl (C=O) groups is 1. The molecule has 0 saturated carbocycles. The van der Waals surface area contributed by atoms with Crippen LogP contribution in [0.4, 0.5) is 0 Å². The van der Waals surface area contributed by atoms with Crippen molar-refractivity contribution in [2.45, 2.75) is 32.7 Å². The standard InChI is InChI=1S/C15H18N2O/c1-2-10-17-12-13(11-16-17)8-9-15(18)14-6-4-3-5-7-14/h3-7,11-12H,2,8-10H2,1H3. The van der Waals surface area contributed by atoms with Gasteiger partial charge in [0.05, 0.1) is 6.20 Å². The zero-order valence-corrected chi connectivity index (χ0v) is 10.7. The smallest absolute Gasteiger partial charge is 0.163 e. The Bertz CT molecular complexity index is 502. The molecule has 3 heteroatoms. The van der Waals surface area contributed by atoms with Crippen molar-refractivity contribution < 1.29 is 4.79 Å². The highest BCUT2D eigenvalue weighted by molar-refractivity contribution is 5.96. The Morgan fingerprint density at radius 1 is 1.28 bits per heavy atom. The lowest BCUT2D eigenvalue weighted by atomic mass is 10.0. The Morgan fingerprint density at radius 2 is 2.06 bits per heavy atom. The van der Waals surface area contributed by atoms with Crippen LogP contribution in [0.2, 0.25) is 0 Å². The second-order valence-electron chi connectivity index (χ2n) is 4.40. The molecule has 2 rings (SSSR count). The predicted molar refractivity (Wildman–Crippen MR) is 71.6 cm³/mol. The number of benzene rings is 1. The van der Waals surface area contributed by atoms with Crippen LogP contribution in [0.1, 0.15) is 35.7 Å². The Kier molecular flexibility index (Phi) is 4.29. The molecule has 0 spiro atoms. The Labute approximate surface area is 107 Å². The fourth-order valence-electron chi connectivity index (χ4n) is 1.91. The summed E-state index contributed by atoms with van der Waals surface area (Å²) >= 11 is 0. The van der Waals surface area contributed by atoms with Crippen LogP contribution in [0.5, 0.6) is 0 Å². The minimum Gasteiger partial charge on any atom is -0.294 e. The van der Waals surface area contributed by atoms with Gasteiger partial charge in [0, 0.05) is 24.7 Å². The van der Waals surface area contributed by atoms with Crippen LogP contribution < -0.4 is 0 Å². The van der Waals surface area contributed by atoms with Gasteiger partial charge < -0.3 is 0 Å². The van der Waals surface area contributed by atoms with Gasteiger partial charge in [-0.25, -0.2) is 0 Å². The summed E-state index contributed by atoms with van der Waals surface area (Å²) in [5, 5.41) is 4.26. The van der Waals surface area contributed by atoms with Crippen molar-refractivity contribution in [1.29, 1.82) is 0 Å². The molecule has 3 nitrogen and oxygen atoms in total. The molecule has 0 unspecified atom stereocenters. The van der Waals surface area contributed by atoms with Crippen molar-refractivity contribution in [3.8, 4) is 0 Å². The van der Waals surface area contributed by atoms with Crippen LogP contribution in [0.3, 0.4) is 0 Å². The van der Waals surface area contributed by atoms with Crippen LogP contribution >= 0.6 is 0 Å². The van der Waals surface area contributed by atoms with Crippen LogP contribution in [0, 0.1) is 0 Å². The van der Waals surface area contributed by atoms with Crippen molar-refractivity contribution in [2.24, 2.45) is 0 Å². The van der Waals surface area contributed by atoms with E-state index in [4.69, 9.17) is 0 Å².